The first-order valence-corrected chi connectivity index (χ1v) is 17.2. The third-order valence-electron chi connectivity index (χ3n) is 7.49. The van der Waals surface area contributed by atoms with Crippen molar-refractivity contribution < 1.29 is 48.9 Å². The smallest absolute Gasteiger partial charge is 0.376 e. The first kappa shape index (κ1) is 48.4. The number of hydrogen-bond acceptors (Lipinski definition) is 2. The van der Waals surface area contributed by atoms with E-state index in [1.54, 1.807) is 27.7 Å². The standard InChI is InChI=1S/2C15H19ClF2NO.2C5H5.Ti/c2*1-9(2)7-13(16)15(3,4)14(20)19-12-6-5-10(17)8-11(12)18;2*1-2-4-5-3-1;/h2*5-6,9,13H,7H2,1-4H3,(H,19,20);2*1-3H,4H2;/q4*-1;+4. The first-order chi connectivity index (χ1) is 23.3. The second-order valence-electron chi connectivity index (χ2n) is 13.6. The second-order valence-corrected chi connectivity index (χ2v) is 14.7. The van der Waals surface area contributed by atoms with Gasteiger partial charge in [0.1, 0.15) is 0 Å². The number of amides is 2. The fourth-order valence-electron chi connectivity index (χ4n) is 4.03. The molecule has 0 aromatic heterocycles. The zero-order valence-corrected chi connectivity index (χ0v) is 33.6. The largest absolute Gasteiger partial charge is 4.00 e. The summed E-state index contributed by atoms with van der Waals surface area (Å²) in [4.78, 5) is 24.4. The van der Waals surface area contributed by atoms with Crippen molar-refractivity contribution in [3.05, 3.63) is 108 Å². The van der Waals surface area contributed by atoms with Crippen LogP contribution in [0.15, 0.2) is 60.7 Å². The number of halogens is 6. The Labute approximate surface area is 327 Å². The third-order valence-corrected chi connectivity index (χ3v) is 8.93. The molecule has 276 valence electrons. The van der Waals surface area contributed by atoms with Crippen LogP contribution in [0, 0.1) is 70.2 Å². The Morgan fingerprint density at radius 1 is 0.686 bits per heavy atom. The minimum Gasteiger partial charge on any atom is -0.376 e. The Kier molecular flexibility index (Phi) is 22.6. The Balaban J connectivity index is 0.000000754. The van der Waals surface area contributed by atoms with Gasteiger partial charge >= 0.3 is 21.7 Å². The Bertz CT molecular complexity index is 1380. The summed E-state index contributed by atoms with van der Waals surface area (Å²) >= 11 is 12.5. The summed E-state index contributed by atoms with van der Waals surface area (Å²) < 4.78 is 52.5. The van der Waals surface area contributed by atoms with E-state index in [9.17, 15) is 27.2 Å². The number of carbonyl (C=O) groups is 2. The summed E-state index contributed by atoms with van der Waals surface area (Å²) in [6.45, 7) is 14.9. The Morgan fingerprint density at radius 2 is 1.02 bits per heavy atom. The Hall–Kier alpha value is -2.65. The van der Waals surface area contributed by atoms with Crippen molar-refractivity contribution >= 4 is 46.4 Å². The monoisotopic (exact) mass is 782 g/mol. The van der Waals surface area contributed by atoms with E-state index >= 15 is 0 Å². The molecule has 0 saturated carbocycles. The van der Waals surface area contributed by atoms with Gasteiger partial charge in [0.15, 0.2) is 0 Å². The molecule has 2 aromatic rings. The maximum atomic E-state index is 13.5. The number of carbonyl (C=O) groups excluding carboxylic acids is 2. The number of nitrogens with one attached hydrogen (secondary N) is 2. The van der Waals surface area contributed by atoms with Crippen LogP contribution in [0.25, 0.3) is 0 Å². The van der Waals surface area contributed by atoms with Crippen molar-refractivity contribution in [2.24, 2.45) is 22.7 Å². The van der Waals surface area contributed by atoms with Crippen LogP contribution in [0.4, 0.5) is 28.9 Å². The van der Waals surface area contributed by atoms with E-state index in [1.165, 1.54) is 12.1 Å². The first-order valence-electron chi connectivity index (χ1n) is 16.4. The van der Waals surface area contributed by atoms with Crippen molar-refractivity contribution in [2.75, 3.05) is 10.6 Å². The molecule has 4 rings (SSSR count). The van der Waals surface area contributed by atoms with Crippen molar-refractivity contribution in [3.8, 4) is 0 Å². The quantitative estimate of drug-likeness (QED) is 0.109. The molecule has 2 aliphatic rings. The van der Waals surface area contributed by atoms with E-state index in [4.69, 9.17) is 23.2 Å². The van der Waals surface area contributed by atoms with Crippen LogP contribution in [0.2, 0.25) is 0 Å². The molecule has 2 aliphatic carbocycles. The zero-order valence-electron chi connectivity index (χ0n) is 30.5. The van der Waals surface area contributed by atoms with Crippen LogP contribution in [0.3, 0.4) is 0 Å². The Morgan fingerprint density at radius 3 is 1.24 bits per heavy atom. The molecule has 0 heterocycles. The fraction of sp³-hybridized carbons (Fsp3) is 0.450. The molecular formula is C40H48Cl2F4N2O2Ti. The third kappa shape index (κ3) is 18.1. The van der Waals surface area contributed by atoms with Crippen molar-refractivity contribution in [2.45, 2.75) is 91.8 Å². The topological polar surface area (TPSA) is 58.2 Å². The summed E-state index contributed by atoms with van der Waals surface area (Å²) in [5.74, 6) is -3.59. The molecule has 2 N–H and O–H groups in total. The van der Waals surface area contributed by atoms with Crippen molar-refractivity contribution in [1.29, 1.82) is 0 Å². The molecule has 0 radical (unpaired) electrons. The molecule has 51 heavy (non-hydrogen) atoms. The summed E-state index contributed by atoms with van der Waals surface area (Å²) in [6, 6.07) is 8.17. The van der Waals surface area contributed by atoms with E-state index < -0.39 is 45.9 Å². The maximum Gasteiger partial charge on any atom is 4.00 e. The van der Waals surface area contributed by atoms with Gasteiger partial charge in [-0.25, -0.2) is 41.9 Å². The van der Waals surface area contributed by atoms with Gasteiger partial charge < -0.3 is 10.6 Å². The summed E-state index contributed by atoms with van der Waals surface area (Å²) in [7, 11) is 0. The van der Waals surface area contributed by atoms with E-state index in [1.807, 2.05) is 64.1 Å². The summed E-state index contributed by atoms with van der Waals surface area (Å²) in [6.07, 6.45) is 21.3. The molecule has 2 unspecified atom stereocenters. The number of benzene rings is 2. The molecule has 2 aromatic carbocycles. The van der Waals surface area contributed by atoms with Gasteiger partial charge in [0.25, 0.3) is 0 Å². The van der Waals surface area contributed by atoms with E-state index in [-0.39, 0.29) is 43.8 Å². The van der Waals surface area contributed by atoms with Gasteiger partial charge in [-0.3, -0.25) is 21.7 Å². The average Bonchev–Trinajstić information content (AvgIpc) is 3.80. The van der Waals surface area contributed by atoms with Crippen molar-refractivity contribution in [3.63, 3.8) is 0 Å². The molecule has 0 fully saturated rings. The molecule has 0 saturated heterocycles. The number of hydrogen-bond donors (Lipinski definition) is 2. The van der Waals surface area contributed by atoms with Crippen LogP contribution in [0.5, 0.6) is 0 Å². The van der Waals surface area contributed by atoms with Gasteiger partial charge in [0, 0.05) is 34.0 Å². The maximum absolute atomic E-state index is 13.5. The van der Waals surface area contributed by atoms with Crippen molar-refractivity contribution in [1.82, 2.24) is 0 Å². The van der Waals surface area contributed by atoms with Gasteiger partial charge in [-0.2, -0.15) is 12.2 Å². The molecule has 4 nitrogen and oxygen atoms in total. The molecule has 11 heteroatoms. The van der Waals surface area contributed by atoms with E-state index in [2.05, 4.69) is 34.9 Å². The predicted molar refractivity (Wildman–Crippen MR) is 197 cm³/mol. The van der Waals surface area contributed by atoms with Gasteiger partial charge in [-0.05, 0) is 63.7 Å². The summed E-state index contributed by atoms with van der Waals surface area (Å²) in [5, 5.41) is 4.11. The van der Waals surface area contributed by atoms with Gasteiger partial charge in [0.2, 0.25) is 11.8 Å². The van der Waals surface area contributed by atoms with E-state index in [0.29, 0.717) is 24.7 Å². The van der Waals surface area contributed by atoms with Crippen LogP contribution in [-0.2, 0) is 31.3 Å². The van der Waals surface area contributed by atoms with Crippen LogP contribution >= 0.6 is 23.2 Å². The minimum atomic E-state index is -0.927. The van der Waals surface area contributed by atoms with Gasteiger partial charge in [-0.15, -0.1) is 72.4 Å². The molecule has 2 amide bonds. The van der Waals surface area contributed by atoms with Crippen LogP contribution in [-0.4, -0.2) is 22.6 Å². The molecule has 0 bridgehead atoms. The predicted octanol–water partition coefficient (Wildman–Crippen LogP) is 11.4. The van der Waals surface area contributed by atoms with Crippen LogP contribution < -0.4 is 10.6 Å². The van der Waals surface area contributed by atoms with Crippen LogP contribution in [0.1, 0.15) is 81.1 Å². The zero-order chi connectivity index (χ0) is 38.1. The normalized spacial score (nSPS) is 14.0. The second kappa shape index (κ2) is 23.8. The minimum absolute atomic E-state index is 0. The number of alkyl halides is 2. The fourth-order valence-corrected chi connectivity index (χ4v) is 4.94. The summed E-state index contributed by atoms with van der Waals surface area (Å²) in [5.41, 5.74) is -1.94. The molecular weight excluding hydrogens is 735 g/mol. The molecule has 2 atom stereocenters. The number of rotatable bonds is 10. The van der Waals surface area contributed by atoms with Gasteiger partial charge in [0.05, 0.1) is 10.8 Å². The number of anilines is 2. The average molecular weight is 784 g/mol. The molecule has 0 spiro atoms. The molecule has 0 aliphatic heterocycles. The van der Waals surface area contributed by atoms with Gasteiger partial charge in [-0.1, -0.05) is 27.7 Å². The number of allylic oxidation sites excluding steroid dienone is 8. The van der Waals surface area contributed by atoms with E-state index in [0.717, 1.165) is 25.0 Å². The SMILES string of the molecule is CC(C)CC(Cl)C(C)(C)C(=O)Nc1ccc(F)[c-]c1F.CC(C)CC(Cl)C(C)(C)C(=O)Nc1ccc(F)[c-]c1F.[C-]1=CC=CC1.[C-]1=CC=CC1.[Ti+4].